The Kier molecular flexibility index (Phi) is 6.43. The number of benzene rings is 1. The first-order valence-electron chi connectivity index (χ1n) is 8.31. The number of unbranched alkanes of at least 4 members (excludes halogenated alkanes) is 1. The molecule has 5 nitrogen and oxygen atoms in total. The highest BCUT2D eigenvalue weighted by Gasteiger charge is 2.37. The van der Waals surface area contributed by atoms with Gasteiger partial charge in [-0.1, -0.05) is 25.5 Å². The third-order valence-electron chi connectivity index (χ3n) is 3.99. The Labute approximate surface area is 147 Å². The molecule has 1 aromatic carbocycles. The molecule has 2 atom stereocenters. The van der Waals surface area contributed by atoms with Crippen LogP contribution in [0.5, 0.6) is 0 Å². The molecule has 1 heterocycles. The largest absolute Gasteiger partial charge is 0.325 e. The third kappa shape index (κ3) is 4.60. The van der Waals surface area contributed by atoms with Crippen LogP contribution in [0.15, 0.2) is 24.3 Å². The van der Waals surface area contributed by atoms with Crippen molar-refractivity contribution >= 4 is 35.2 Å². The van der Waals surface area contributed by atoms with E-state index in [1.54, 1.807) is 13.8 Å². The lowest BCUT2D eigenvalue weighted by atomic mass is 10.1. The number of aryl methyl sites for hydroxylation is 1. The maximum Gasteiger partial charge on any atom is 0.244 e. The third-order valence-corrected chi connectivity index (χ3v) is 5.21. The van der Waals surface area contributed by atoms with Crippen molar-refractivity contribution in [1.82, 2.24) is 4.90 Å². The van der Waals surface area contributed by atoms with Gasteiger partial charge in [0, 0.05) is 5.69 Å². The molecule has 130 valence electrons. The predicted molar refractivity (Wildman–Crippen MR) is 96.9 cm³/mol. The van der Waals surface area contributed by atoms with Crippen molar-refractivity contribution in [2.45, 2.75) is 50.5 Å². The summed E-state index contributed by atoms with van der Waals surface area (Å²) in [5.41, 5.74) is 1.91. The van der Waals surface area contributed by atoms with E-state index in [4.69, 9.17) is 0 Å². The van der Waals surface area contributed by atoms with Gasteiger partial charge in [-0.15, -0.1) is 11.8 Å². The lowest BCUT2D eigenvalue weighted by Gasteiger charge is -2.31. The van der Waals surface area contributed by atoms with E-state index < -0.39 is 0 Å². The lowest BCUT2D eigenvalue weighted by molar-refractivity contribution is -0.147. The van der Waals surface area contributed by atoms with Gasteiger partial charge in [-0.2, -0.15) is 0 Å². The van der Waals surface area contributed by atoms with Crippen molar-refractivity contribution in [2.75, 3.05) is 11.9 Å². The zero-order chi connectivity index (χ0) is 17.7. The van der Waals surface area contributed by atoms with Gasteiger partial charge in [0.15, 0.2) is 0 Å². The Morgan fingerprint density at radius 2 is 1.71 bits per heavy atom. The standard InChI is InChI=1S/C18H24N2O3S/c1-4-5-6-14-7-9-15(10-8-14)19-16(21)11-20-17(22)12(2)24-13(3)18(20)23/h7-10,12-13H,4-6,11H2,1-3H3,(H,19,21)/t12-,13+. The normalized spacial score (nSPS) is 21.0. The van der Waals surface area contributed by atoms with Crippen LogP contribution < -0.4 is 5.32 Å². The van der Waals surface area contributed by atoms with E-state index in [1.165, 1.54) is 17.3 Å². The predicted octanol–water partition coefficient (Wildman–Crippen LogP) is 2.85. The molecule has 2 rings (SSSR count). The van der Waals surface area contributed by atoms with E-state index in [0.29, 0.717) is 5.69 Å². The fourth-order valence-corrected chi connectivity index (χ4v) is 3.71. The number of carbonyl (C=O) groups is 3. The molecule has 0 bridgehead atoms. The Morgan fingerprint density at radius 1 is 1.12 bits per heavy atom. The number of anilines is 1. The maximum absolute atomic E-state index is 12.2. The smallest absolute Gasteiger partial charge is 0.244 e. The van der Waals surface area contributed by atoms with Crippen molar-refractivity contribution in [1.29, 1.82) is 0 Å². The average Bonchev–Trinajstić information content (AvgIpc) is 2.56. The van der Waals surface area contributed by atoms with Crippen molar-refractivity contribution < 1.29 is 14.4 Å². The van der Waals surface area contributed by atoms with Crippen molar-refractivity contribution in [3.8, 4) is 0 Å². The average molecular weight is 348 g/mol. The molecule has 0 unspecified atom stereocenters. The summed E-state index contributed by atoms with van der Waals surface area (Å²) < 4.78 is 0. The highest BCUT2D eigenvalue weighted by Crippen LogP contribution is 2.26. The van der Waals surface area contributed by atoms with Crippen LogP contribution >= 0.6 is 11.8 Å². The minimum absolute atomic E-state index is 0.232. The Morgan fingerprint density at radius 3 is 2.25 bits per heavy atom. The molecule has 1 N–H and O–H groups in total. The molecule has 24 heavy (non-hydrogen) atoms. The van der Waals surface area contributed by atoms with Crippen molar-refractivity contribution in [2.24, 2.45) is 0 Å². The first-order valence-corrected chi connectivity index (χ1v) is 9.26. The monoisotopic (exact) mass is 348 g/mol. The molecule has 0 aliphatic carbocycles. The van der Waals surface area contributed by atoms with E-state index in [0.717, 1.165) is 24.2 Å². The zero-order valence-corrected chi connectivity index (χ0v) is 15.2. The van der Waals surface area contributed by atoms with Crippen molar-refractivity contribution in [3.05, 3.63) is 29.8 Å². The molecule has 1 aliphatic rings. The number of nitrogens with one attached hydrogen (secondary N) is 1. The molecule has 0 saturated carbocycles. The Balaban J connectivity index is 1.94. The quantitative estimate of drug-likeness (QED) is 0.803. The summed E-state index contributed by atoms with van der Waals surface area (Å²) in [5.74, 6) is -0.953. The summed E-state index contributed by atoms with van der Waals surface area (Å²) in [5, 5.41) is 2.15. The number of rotatable bonds is 6. The fraction of sp³-hybridized carbons (Fsp3) is 0.500. The number of amides is 3. The second-order valence-electron chi connectivity index (χ2n) is 6.03. The highest BCUT2D eigenvalue weighted by atomic mass is 32.2. The second-order valence-corrected chi connectivity index (χ2v) is 7.72. The molecule has 6 heteroatoms. The topological polar surface area (TPSA) is 66.5 Å². The molecule has 0 radical (unpaired) electrons. The van der Waals surface area contributed by atoms with Gasteiger partial charge >= 0.3 is 0 Å². The van der Waals surface area contributed by atoms with Gasteiger partial charge in [-0.05, 0) is 44.4 Å². The fourth-order valence-electron chi connectivity index (χ4n) is 2.61. The second kappa shape index (κ2) is 8.33. The van der Waals surface area contributed by atoms with Gasteiger partial charge < -0.3 is 5.32 Å². The van der Waals surface area contributed by atoms with Gasteiger partial charge in [-0.3, -0.25) is 19.3 Å². The summed E-state index contributed by atoms with van der Waals surface area (Å²) in [4.78, 5) is 37.5. The van der Waals surface area contributed by atoms with Gasteiger partial charge in [0.1, 0.15) is 6.54 Å². The van der Waals surface area contributed by atoms with Gasteiger partial charge in [0.05, 0.1) is 10.5 Å². The number of nitrogens with zero attached hydrogens (tertiary/aromatic N) is 1. The summed E-state index contributed by atoms with van der Waals surface area (Å²) in [6.45, 7) is 5.44. The number of hydrogen-bond donors (Lipinski definition) is 1. The SMILES string of the molecule is CCCCc1ccc(NC(=O)CN2C(=O)[C@H](C)S[C@H](C)C2=O)cc1. The van der Waals surface area contributed by atoms with Crippen LogP contribution in [0.25, 0.3) is 0 Å². The minimum atomic E-state index is -0.357. The van der Waals surface area contributed by atoms with Crippen LogP contribution in [0, 0.1) is 0 Å². The van der Waals surface area contributed by atoms with Gasteiger partial charge in [-0.25, -0.2) is 0 Å². The van der Waals surface area contributed by atoms with E-state index in [-0.39, 0.29) is 34.8 Å². The van der Waals surface area contributed by atoms with E-state index >= 15 is 0 Å². The van der Waals surface area contributed by atoms with E-state index in [9.17, 15) is 14.4 Å². The molecule has 3 amide bonds. The number of thioether (sulfide) groups is 1. The molecule has 0 aromatic heterocycles. The molecule has 1 aliphatic heterocycles. The van der Waals surface area contributed by atoms with E-state index in [1.807, 2.05) is 24.3 Å². The molecule has 0 spiro atoms. The van der Waals surface area contributed by atoms with Gasteiger partial charge in [0.25, 0.3) is 0 Å². The number of hydrogen-bond acceptors (Lipinski definition) is 4. The minimum Gasteiger partial charge on any atom is -0.325 e. The first-order chi connectivity index (χ1) is 11.4. The lowest BCUT2D eigenvalue weighted by Crippen LogP contribution is -2.52. The van der Waals surface area contributed by atoms with Crippen LogP contribution in [0.2, 0.25) is 0 Å². The Bertz CT molecular complexity index is 595. The first kappa shape index (κ1) is 18.5. The van der Waals surface area contributed by atoms with Crippen LogP contribution in [-0.2, 0) is 20.8 Å². The summed E-state index contributed by atoms with van der Waals surface area (Å²) in [7, 11) is 0. The summed E-state index contributed by atoms with van der Waals surface area (Å²) in [6.07, 6.45) is 3.31. The number of imide groups is 1. The van der Waals surface area contributed by atoms with Crippen LogP contribution in [0.4, 0.5) is 5.69 Å². The zero-order valence-electron chi connectivity index (χ0n) is 14.4. The molecular weight excluding hydrogens is 324 g/mol. The van der Waals surface area contributed by atoms with Crippen LogP contribution in [0.1, 0.15) is 39.2 Å². The Hall–Kier alpha value is -1.82. The molecular formula is C18H24N2O3S. The number of carbonyl (C=O) groups excluding carboxylic acids is 3. The van der Waals surface area contributed by atoms with Crippen LogP contribution in [0.3, 0.4) is 0 Å². The molecule has 1 aromatic rings. The van der Waals surface area contributed by atoms with Crippen LogP contribution in [-0.4, -0.2) is 39.7 Å². The highest BCUT2D eigenvalue weighted by molar-refractivity contribution is 8.02. The van der Waals surface area contributed by atoms with Crippen molar-refractivity contribution in [3.63, 3.8) is 0 Å². The summed E-state index contributed by atoms with van der Waals surface area (Å²) in [6, 6.07) is 7.68. The molecule has 1 fully saturated rings. The maximum atomic E-state index is 12.2. The van der Waals surface area contributed by atoms with E-state index in [2.05, 4.69) is 12.2 Å². The summed E-state index contributed by atoms with van der Waals surface area (Å²) >= 11 is 1.33. The van der Waals surface area contributed by atoms with Gasteiger partial charge in [0.2, 0.25) is 17.7 Å². The molecule has 1 saturated heterocycles.